The predicted molar refractivity (Wildman–Crippen MR) is 80.5 cm³/mol. The van der Waals surface area contributed by atoms with E-state index in [1.54, 1.807) is 0 Å². The normalized spacial score (nSPS) is 35.7. The maximum Gasteiger partial charge on any atom is 0.0702 e. The molecule has 2 fully saturated rings. The lowest BCUT2D eigenvalue weighted by Gasteiger charge is -2.41. The summed E-state index contributed by atoms with van der Waals surface area (Å²) in [5.41, 5.74) is 0.430. The van der Waals surface area contributed by atoms with E-state index in [4.69, 9.17) is 4.74 Å². The number of ether oxygens (including phenoxy) is 1. The number of piperidine rings is 1. The fourth-order valence-electron chi connectivity index (χ4n) is 4.03. The van der Waals surface area contributed by atoms with Crippen molar-refractivity contribution in [1.82, 2.24) is 10.2 Å². The van der Waals surface area contributed by atoms with Crippen LogP contribution in [0.1, 0.15) is 53.4 Å². The molecule has 1 aliphatic carbocycles. The summed E-state index contributed by atoms with van der Waals surface area (Å²) in [5, 5.41) is 3.75. The lowest BCUT2D eigenvalue weighted by atomic mass is 9.86. The largest absolute Gasteiger partial charge is 0.377 e. The van der Waals surface area contributed by atoms with Crippen molar-refractivity contribution in [2.24, 2.45) is 5.41 Å². The monoisotopic (exact) mass is 268 g/mol. The lowest BCUT2D eigenvalue weighted by molar-refractivity contribution is -0.0124. The number of hydrogen-bond acceptors (Lipinski definition) is 3. The van der Waals surface area contributed by atoms with Gasteiger partial charge in [-0.15, -0.1) is 0 Å². The second-order valence-corrected chi connectivity index (χ2v) is 6.84. The van der Waals surface area contributed by atoms with Gasteiger partial charge < -0.3 is 10.1 Å². The van der Waals surface area contributed by atoms with E-state index in [9.17, 15) is 0 Å². The third kappa shape index (κ3) is 3.50. The fourth-order valence-corrected chi connectivity index (χ4v) is 4.03. The first kappa shape index (κ1) is 15.3. The maximum absolute atomic E-state index is 5.86. The lowest BCUT2D eigenvalue weighted by Crippen LogP contribution is -2.55. The topological polar surface area (TPSA) is 24.5 Å². The predicted octanol–water partition coefficient (Wildman–Crippen LogP) is 2.65. The molecule has 112 valence electrons. The Morgan fingerprint density at radius 3 is 2.74 bits per heavy atom. The summed E-state index contributed by atoms with van der Waals surface area (Å²) in [6, 6.07) is 1.34. The van der Waals surface area contributed by atoms with Crippen LogP contribution < -0.4 is 5.32 Å². The Labute approximate surface area is 119 Å². The summed E-state index contributed by atoms with van der Waals surface area (Å²) in [6.07, 6.45) is 5.67. The minimum Gasteiger partial charge on any atom is -0.377 e. The second-order valence-electron chi connectivity index (χ2n) is 6.84. The Hall–Kier alpha value is -0.120. The molecule has 2 rings (SSSR count). The molecule has 1 aliphatic heterocycles. The Balaban J connectivity index is 1.99. The Morgan fingerprint density at radius 1 is 1.26 bits per heavy atom. The van der Waals surface area contributed by atoms with Crippen LogP contribution in [0.2, 0.25) is 0 Å². The summed E-state index contributed by atoms with van der Waals surface area (Å²) in [6.45, 7) is 13.5. The smallest absolute Gasteiger partial charge is 0.0702 e. The third-order valence-electron chi connectivity index (χ3n) is 5.02. The van der Waals surface area contributed by atoms with Gasteiger partial charge in [0.1, 0.15) is 0 Å². The quantitative estimate of drug-likeness (QED) is 0.829. The van der Waals surface area contributed by atoms with E-state index in [1.165, 1.54) is 32.2 Å². The van der Waals surface area contributed by atoms with Crippen molar-refractivity contribution in [3.8, 4) is 0 Å². The van der Waals surface area contributed by atoms with E-state index in [0.717, 1.165) is 19.7 Å². The summed E-state index contributed by atoms with van der Waals surface area (Å²) in [5.74, 6) is 0. The molecule has 3 heteroatoms. The first-order valence-electron chi connectivity index (χ1n) is 8.17. The zero-order chi connectivity index (χ0) is 13.9. The molecule has 0 aromatic heterocycles. The molecule has 19 heavy (non-hydrogen) atoms. The number of likely N-dealkylation sites (tertiary alicyclic amines) is 1. The minimum atomic E-state index is 0.430. The molecule has 0 bridgehead atoms. The molecular formula is C16H32N2O. The van der Waals surface area contributed by atoms with Crippen LogP contribution in [0, 0.1) is 5.41 Å². The zero-order valence-corrected chi connectivity index (χ0v) is 13.2. The molecule has 3 atom stereocenters. The minimum absolute atomic E-state index is 0.430. The van der Waals surface area contributed by atoms with E-state index < -0.39 is 0 Å². The SMILES string of the molecule is CCNC1C(N2CCCC(OCC)C2)CCC1(C)C. The molecule has 0 aromatic carbocycles. The van der Waals surface area contributed by atoms with Gasteiger partial charge in [-0.1, -0.05) is 20.8 Å². The summed E-state index contributed by atoms with van der Waals surface area (Å²) in [4.78, 5) is 2.70. The number of rotatable bonds is 5. The fraction of sp³-hybridized carbons (Fsp3) is 1.00. The van der Waals surface area contributed by atoms with Gasteiger partial charge in [-0.3, -0.25) is 4.90 Å². The van der Waals surface area contributed by atoms with E-state index >= 15 is 0 Å². The summed E-state index contributed by atoms with van der Waals surface area (Å²) >= 11 is 0. The molecule has 0 amide bonds. The van der Waals surface area contributed by atoms with Gasteiger partial charge in [0.2, 0.25) is 0 Å². The van der Waals surface area contributed by atoms with Crippen LogP contribution in [0.4, 0.5) is 0 Å². The van der Waals surface area contributed by atoms with Crippen molar-refractivity contribution in [3.05, 3.63) is 0 Å². The van der Waals surface area contributed by atoms with Crippen LogP contribution >= 0.6 is 0 Å². The van der Waals surface area contributed by atoms with Gasteiger partial charge in [0.05, 0.1) is 6.10 Å². The zero-order valence-electron chi connectivity index (χ0n) is 13.2. The van der Waals surface area contributed by atoms with E-state index in [0.29, 0.717) is 23.6 Å². The molecule has 1 N–H and O–H groups in total. The molecular weight excluding hydrogens is 236 g/mol. The molecule has 0 spiro atoms. The first-order valence-corrected chi connectivity index (χ1v) is 8.17. The van der Waals surface area contributed by atoms with E-state index in [-0.39, 0.29) is 0 Å². The average Bonchev–Trinajstić information content (AvgIpc) is 2.67. The van der Waals surface area contributed by atoms with Crippen LogP contribution in [0.25, 0.3) is 0 Å². The number of nitrogens with one attached hydrogen (secondary N) is 1. The van der Waals surface area contributed by atoms with Crippen molar-refractivity contribution < 1.29 is 4.74 Å². The Kier molecular flexibility index (Phi) is 5.27. The van der Waals surface area contributed by atoms with Crippen molar-refractivity contribution in [2.75, 3.05) is 26.2 Å². The highest BCUT2D eigenvalue weighted by Crippen LogP contribution is 2.40. The summed E-state index contributed by atoms with van der Waals surface area (Å²) < 4.78 is 5.86. The van der Waals surface area contributed by atoms with Gasteiger partial charge in [-0.25, -0.2) is 0 Å². The van der Waals surface area contributed by atoms with Gasteiger partial charge >= 0.3 is 0 Å². The molecule has 0 aromatic rings. The Morgan fingerprint density at radius 2 is 2.05 bits per heavy atom. The molecule has 3 unspecified atom stereocenters. The molecule has 1 saturated heterocycles. The second kappa shape index (κ2) is 6.55. The average molecular weight is 268 g/mol. The van der Waals surface area contributed by atoms with Crippen LogP contribution in [0.3, 0.4) is 0 Å². The Bertz CT molecular complexity index is 278. The molecule has 0 radical (unpaired) electrons. The highest BCUT2D eigenvalue weighted by atomic mass is 16.5. The van der Waals surface area contributed by atoms with Crippen LogP contribution in [-0.2, 0) is 4.74 Å². The molecule has 1 saturated carbocycles. The van der Waals surface area contributed by atoms with Crippen molar-refractivity contribution in [1.29, 1.82) is 0 Å². The van der Waals surface area contributed by atoms with Gasteiger partial charge in [0.25, 0.3) is 0 Å². The van der Waals surface area contributed by atoms with Gasteiger partial charge in [-0.2, -0.15) is 0 Å². The van der Waals surface area contributed by atoms with Gasteiger partial charge in [0.15, 0.2) is 0 Å². The highest BCUT2D eigenvalue weighted by molar-refractivity contribution is 5.01. The number of nitrogens with zero attached hydrogens (tertiary/aromatic N) is 1. The van der Waals surface area contributed by atoms with Gasteiger partial charge in [0, 0.05) is 25.2 Å². The van der Waals surface area contributed by atoms with Crippen LogP contribution in [0.5, 0.6) is 0 Å². The first-order chi connectivity index (χ1) is 9.08. The van der Waals surface area contributed by atoms with Crippen molar-refractivity contribution in [3.63, 3.8) is 0 Å². The van der Waals surface area contributed by atoms with E-state index in [2.05, 4.69) is 37.9 Å². The van der Waals surface area contributed by atoms with E-state index in [1.807, 2.05) is 0 Å². The number of hydrogen-bond donors (Lipinski definition) is 1. The molecule has 2 aliphatic rings. The standard InChI is InChI=1S/C16H32N2O/c1-5-17-15-14(9-10-16(15,3)4)18-11-7-8-13(12-18)19-6-2/h13-15,17H,5-12H2,1-4H3. The summed E-state index contributed by atoms with van der Waals surface area (Å²) in [7, 11) is 0. The molecule has 1 heterocycles. The van der Waals surface area contributed by atoms with Crippen LogP contribution in [0.15, 0.2) is 0 Å². The van der Waals surface area contributed by atoms with Gasteiger partial charge in [-0.05, 0) is 51.1 Å². The molecule has 3 nitrogen and oxygen atoms in total. The third-order valence-corrected chi connectivity index (χ3v) is 5.02. The maximum atomic E-state index is 5.86. The number of likely N-dealkylation sites (N-methyl/N-ethyl adjacent to an activating group) is 1. The highest BCUT2D eigenvalue weighted by Gasteiger charge is 2.44. The van der Waals surface area contributed by atoms with Crippen molar-refractivity contribution >= 4 is 0 Å². The van der Waals surface area contributed by atoms with Crippen molar-refractivity contribution in [2.45, 2.75) is 71.6 Å². The van der Waals surface area contributed by atoms with Crippen LogP contribution in [-0.4, -0.2) is 49.3 Å².